The average molecular weight is 203 g/mol. The van der Waals surface area contributed by atoms with Crippen LogP contribution in [-0.2, 0) is 14.2 Å². The van der Waals surface area contributed by atoms with Crippen molar-refractivity contribution in [1.29, 1.82) is 0 Å². The summed E-state index contributed by atoms with van der Waals surface area (Å²) in [5.41, 5.74) is 5.63. The van der Waals surface area contributed by atoms with Crippen LogP contribution < -0.4 is 5.73 Å². The summed E-state index contributed by atoms with van der Waals surface area (Å²) in [5, 5.41) is 0. The number of nitrogens with two attached hydrogens (primary N) is 1. The Hall–Kier alpha value is -0.160. The summed E-state index contributed by atoms with van der Waals surface area (Å²) in [5.74, 6) is 0. The summed E-state index contributed by atoms with van der Waals surface area (Å²) in [6.07, 6.45) is 3.34. The zero-order valence-corrected chi connectivity index (χ0v) is 8.91. The largest absolute Gasteiger partial charge is 0.385 e. The van der Waals surface area contributed by atoms with Crippen LogP contribution in [0.15, 0.2) is 0 Å². The summed E-state index contributed by atoms with van der Waals surface area (Å²) in [4.78, 5) is 0. The molecule has 0 aromatic rings. The zero-order valence-electron chi connectivity index (χ0n) is 8.91. The third-order valence-electron chi connectivity index (χ3n) is 2.35. The van der Waals surface area contributed by atoms with Crippen LogP contribution in [0, 0.1) is 0 Å². The molecule has 0 unspecified atom stereocenters. The quantitative estimate of drug-likeness (QED) is 0.585. The predicted molar refractivity (Wildman–Crippen MR) is 54.3 cm³/mol. The molecule has 1 aliphatic carbocycles. The Bertz CT molecular complexity index is 137. The first-order valence-electron chi connectivity index (χ1n) is 5.26. The van der Waals surface area contributed by atoms with E-state index in [2.05, 4.69) is 0 Å². The molecule has 2 N–H and O–H groups in total. The highest BCUT2D eigenvalue weighted by Gasteiger charge is 2.25. The van der Waals surface area contributed by atoms with E-state index >= 15 is 0 Å². The summed E-state index contributed by atoms with van der Waals surface area (Å²) in [7, 11) is 1.70. The molecule has 0 bridgehead atoms. The molecule has 0 aromatic carbocycles. The van der Waals surface area contributed by atoms with Gasteiger partial charge in [0.05, 0.1) is 19.3 Å². The van der Waals surface area contributed by atoms with Gasteiger partial charge in [-0.2, -0.15) is 0 Å². The van der Waals surface area contributed by atoms with E-state index in [4.69, 9.17) is 19.9 Å². The van der Waals surface area contributed by atoms with E-state index in [0.717, 1.165) is 32.5 Å². The first kappa shape index (κ1) is 11.9. The van der Waals surface area contributed by atoms with E-state index in [9.17, 15) is 0 Å². The van der Waals surface area contributed by atoms with Gasteiger partial charge in [0.1, 0.15) is 0 Å². The second-order valence-electron chi connectivity index (χ2n) is 3.68. The second-order valence-corrected chi connectivity index (χ2v) is 3.68. The van der Waals surface area contributed by atoms with Crippen LogP contribution in [-0.4, -0.2) is 45.7 Å². The third-order valence-corrected chi connectivity index (χ3v) is 2.35. The zero-order chi connectivity index (χ0) is 10.2. The molecular formula is C10H21NO3. The molecule has 0 aliphatic heterocycles. The summed E-state index contributed by atoms with van der Waals surface area (Å²) >= 11 is 0. The average Bonchev–Trinajstić information content (AvgIpc) is 2.13. The van der Waals surface area contributed by atoms with Crippen LogP contribution in [0.3, 0.4) is 0 Å². The van der Waals surface area contributed by atoms with Gasteiger partial charge in [-0.25, -0.2) is 0 Å². The molecule has 1 fully saturated rings. The molecule has 84 valence electrons. The van der Waals surface area contributed by atoms with Crippen LogP contribution in [0.5, 0.6) is 0 Å². The van der Waals surface area contributed by atoms with E-state index < -0.39 is 0 Å². The second kappa shape index (κ2) is 7.17. The maximum absolute atomic E-state index is 5.63. The van der Waals surface area contributed by atoms with Crippen molar-refractivity contribution in [2.24, 2.45) is 5.73 Å². The molecule has 14 heavy (non-hydrogen) atoms. The van der Waals surface area contributed by atoms with Gasteiger partial charge in [0.2, 0.25) is 0 Å². The van der Waals surface area contributed by atoms with Gasteiger partial charge in [-0.15, -0.1) is 0 Å². The van der Waals surface area contributed by atoms with E-state index in [-0.39, 0.29) is 0 Å². The lowest BCUT2D eigenvalue weighted by Crippen LogP contribution is -2.42. The van der Waals surface area contributed by atoms with E-state index in [0.29, 0.717) is 25.4 Å². The minimum atomic E-state index is 0.364. The molecule has 0 saturated heterocycles. The van der Waals surface area contributed by atoms with Crippen molar-refractivity contribution in [2.75, 3.05) is 33.5 Å². The SMILES string of the molecule is COCCCOCCOC1CC(N)C1. The molecule has 0 amide bonds. The summed E-state index contributed by atoms with van der Waals surface area (Å²) in [6, 6.07) is 0.364. The highest BCUT2D eigenvalue weighted by atomic mass is 16.5. The molecule has 1 aliphatic rings. The molecule has 4 heteroatoms. The van der Waals surface area contributed by atoms with Gasteiger partial charge >= 0.3 is 0 Å². The van der Waals surface area contributed by atoms with Crippen molar-refractivity contribution in [3.63, 3.8) is 0 Å². The predicted octanol–water partition coefficient (Wildman–Crippen LogP) is 0.546. The van der Waals surface area contributed by atoms with Crippen molar-refractivity contribution in [3.8, 4) is 0 Å². The van der Waals surface area contributed by atoms with Crippen LogP contribution in [0.25, 0.3) is 0 Å². The van der Waals surface area contributed by atoms with E-state index in [1.54, 1.807) is 7.11 Å². The van der Waals surface area contributed by atoms with Gasteiger partial charge in [-0.3, -0.25) is 0 Å². The van der Waals surface area contributed by atoms with Crippen molar-refractivity contribution < 1.29 is 14.2 Å². The molecule has 0 heterocycles. The number of ether oxygens (including phenoxy) is 3. The smallest absolute Gasteiger partial charge is 0.0704 e. The normalized spacial score (nSPS) is 26.1. The van der Waals surface area contributed by atoms with Crippen molar-refractivity contribution in [2.45, 2.75) is 31.4 Å². The molecule has 1 saturated carbocycles. The van der Waals surface area contributed by atoms with Gasteiger partial charge in [-0.1, -0.05) is 0 Å². The standard InChI is InChI=1S/C10H21NO3/c1-12-3-2-4-13-5-6-14-10-7-9(11)8-10/h9-10H,2-8,11H2,1H3. The van der Waals surface area contributed by atoms with Gasteiger partial charge in [-0.05, 0) is 19.3 Å². The summed E-state index contributed by atoms with van der Waals surface area (Å²) in [6.45, 7) is 2.87. The van der Waals surface area contributed by atoms with Crippen LogP contribution in [0.4, 0.5) is 0 Å². The van der Waals surface area contributed by atoms with Gasteiger partial charge in [0.15, 0.2) is 0 Å². The number of hydrogen-bond donors (Lipinski definition) is 1. The number of hydrogen-bond acceptors (Lipinski definition) is 4. The molecule has 0 aromatic heterocycles. The topological polar surface area (TPSA) is 53.7 Å². The Kier molecular flexibility index (Phi) is 6.10. The van der Waals surface area contributed by atoms with E-state index in [1.807, 2.05) is 0 Å². The Balaban J connectivity index is 1.72. The van der Waals surface area contributed by atoms with Gasteiger partial charge in [0.25, 0.3) is 0 Å². The minimum absolute atomic E-state index is 0.364. The van der Waals surface area contributed by atoms with Gasteiger partial charge in [0, 0.05) is 26.4 Å². The highest BCUT2D eigenvalue weighted by molar-refractivity contribution is 4.82. The Morgan fingerprint density at radius 2 is 1.93 bits per heavy atom. The van der Waals surface area contributed by atoms with Crippen molar-refractivity contribution >= 4 is 0 Å². The fourth-order valence-corrected chi connectivity index (χ4v) is 1.42. The van der Waals surface area contributed by atoms with Gasteiger partial charge < -0.3 is 19.9 Å². The monoisotopic (exact) mass is 203 g/mol. The Labute approximate surface area is 85.7 Å². The van der Waals surface area contributed by atoms with Crippen molar-refractivity contribution in [1.82, 2.24) is 0 Å². The molecular weight excluding hydrogens is 182 g/mol. The fraction of sp³-hybridized carbons (Fsp3) is 1.00. The number of methoxy groups -OCH3 is 1. The minimum Gasteiger partial charge on any atom is -0.385 e. The molecule has 0 spiro atoms. The maximum Gasteiger partial charge on any atom is 0.0704 e. The van der Waals surface area contributed by atoms with Crippen LogP contribution in [0.2, 0.25) is 0 Å². The lowest BCUT2D eigenvalue weighted by Gasteiger charge is -2.32. The first-order chi connectivity index (χ1) is 6.83. The first-order valence-corrected chi connectivity index (χ1v) is 5.26. The Morgan fingerprint density at radius 3 is 2.57 bits per heavy atom. The van der Waals surface area contributed by atoms with Crippen molar-refractivity contribution in [3.05, 3.63) is 0 Å². The van der Waals surface area contributed by atoms with Crippen LogP contribution >= 0.6 is 0 Å². The molecule has 0 radical (unpaired) electrons. The maximum atomic E-state index is 5.63. The third kappa shape index (κ3) is 4.91. The fourth-order valence-electron chi connectivity index (χ4n) is 1.42. The Morgan fingerprint density at radius 1 is 1.14 bits per heavy atom. The van der Waals surface area contributed by atoms with E-state index in [1.165, 1.54) is 0 Å². The molecule has 1 rings (SSSR count). The number of rotatable bonds is 8. The lowest BCUT2D eigenvalue weighted by molar-refractivity contribution is -0.0375. The van der Waals surface area contributed by atoms with Crippen LogP contribution in [0.1, 0.15) is 19.3 Å². The lowest BCUT2D eigenvalue weighted by atomic mass is 9.90. The molecule has 4 nitrogen and oxygen atoms in total. The molecule has 0 atom stereocenters. The highest BCUT2D eigenvalue weighted by Crippen LogP contribution is 2.20. The summed E-state index contributed by atoms with van der Waals surface area (Å²) < 4.78 is 15.8.